The molecule has 0 aliphatic heterocycles. The second kappa shape index (κ2) is 6.21. The number of aromatic amines is 1. The summed E-state index contributed by atoms with van der Waals surface area (Å²) in [5, 5.41) is 4.94. The second-order valence-corrected chi connectivity index (χ2v) is 6.48. The number of ether oxygens (including phenoxy) is 1. The van der Waals surface area contributed by atoms with Crippen LogP contribution in [0, 0.1) is 0 Å². The molecule has 2 aromatic carbocycles. The van der Waals surface area contributed by atoms with Crippen molar-refractivity contribution in [3.8, 4) is 5.75 Å². The standard InChI is InChI=1S/C19H17ClN2O2/c20-12-5-7-14(8-6-12)24-11-19(23)21-13-9-16-15-3-1-2-4-17(15)22-18(16)10-13/h1-8,13,22H,9-11H2,(H,21,23). The molecule has 4 rings (SSSR count). The van der Waals surface area contributed by atoms with E-state index in [4.69, 9.17) is 16.3 Å². The van der Waals surface area contributed by atoms with Crippen LogP contribution in [0.3, 0.4) is 0 Å². The molecule has 0 spiro atoms. The van der Waals surface area contributed by atoms with Crippen molar-refractivity contribution >= 4 is 28.4 Å². The number of para-hydroxylation sites is 1. The molecule has 0 saturated carbocycles. The van der Waals surface area contributed by atoms with Crippen molar-refractivity contribution in [2.75, 3.05) is 6.61 Å². The largest absolute Gasteiger partial charge is 0.484 e. The molecule has 0 saturated heterocycles. The van der Waals surface area contributed by atoms with E-state index in [0.29, 0.717) is 10.8 Å². The van der Waals surface area contributed by atoms with Crippen LogP contribution < -0.4 is 10.1 Å². The lowest BCUT2D eigenvalue weighted by Crippen LogP contribution is -2.38. The van der Waals surface area contributed by atoms with Crippen molar-refractivity contribution in [1.82, 2.24) is 10.3 Å². The summed E-state index contributed by atoms with van der Waals surface area (Å²) < 4.78 is 5.48. The maximum atomic E-state index is 12.1. The molecule has 1 unspecified atom stereocenters. The average molecular weight is 341 g/mol. The number of aromatic nitrogens is 1. The first-order valence-corrected chi connectivity index (χ1v) is 8.33. The van der Waals surface area contributed by atoms with Crippen LogP contribution in [0.15, 0.2) is 48.5 Å². The predicted octanol–water partition coefficient (Wildman–Crippen LogP) is 3.48. The van der Waals surface area contributed by atoms with Crippen LogP contribution in [0.25, 0.3) is 10.9 Å². The number of benzene rings is 2. The monoisotopic (exact) mass is 340 g/mol. The van der Waals surface area contributed by atoms with Gasteiger partial charge in [0.15, 0.2) is 6.61 Å². The van der Waals surface area contributed by atoms with Gasteiger partial charge in [-0.25, -0.2) is 0 Å². The van der Waals surface area contributed by atoms with Crippen LogP contribution in [0.4, 0.5) is 0 Å². The molecule has 5 heteroatoms. The quantitative estimate of drug-likeness (QED) is 0.764. The Bertz CT molecular complexity index is 886. The maximum absolute atomic E-state index is 12.1. The first-order valence-electron chi connectivity index (χ1n) is 7.95. The Morgan fingerprint density at radius 2 is 1.96 bits per heavy atom. The van der Waals surface area contributed by atoms with Crippen LogP contribution in [0.2, 0.25) is 5.02 Å². The maximum Gasteiger partial charge on any atom is 0.258 e. The molecule has 2 N–H and O–H groups in total. The summed E-state index contributed by atoms with van der Waals surface area (Å²) in [5.41, 5.74) is 3.70. The van der Waals surface area contributed by atoms with Crippen LogP contribution in [0.1, 0.15) is 11.3 Å². The Morgan fingerprint density at radius 1 is 1.17 bits per heavy atom. The van der Waals surface area contributed by atoms with Gasteiger partial charge in [-0.05, 0) is 42.3 Å². The molecule has 1 aliphatic rings. The summed E-state index contributed by atoms with van der Waals surface area (Å²) in [4.78, 5) is 15.6. The van der Waals surface area contributed by atoms with Gasteiger partial charge in [0.1, 0.15) is 5.75 Å². The van der Waals surface area contributed by atoms with Gasteiger partial charge >= 0.3 is 0 Å². The number of halogens is 1. The molecule has 0 fully saturated rings. The Labute approximate surface area is 144 Å². The fourth-order valence-corrected chi connectivity index (χ4v) is 3.41. The van der Waals surface area contributed by atoms with Crippen molar-refractivity contribution in [2.24, 2.45) is 0 Å². The SMILES string of the molecule is O=C(COc1ccc(Cl)cc1)NC1Cc2[nH]c3ccccc3c2C1. The van der Waals surface area contributed by atoms with E-state index in [1.807, 2.05) is 12.1 Å². The molecule has 24 heavy (non-hydrogen) atoms. The number of fused-ring (bicyclic) bond motifs is 3. The first-order chi connectivity index (χ1) is 11.7. The first kappa shape index (κ1) is 15.1. The molecule has 1 aromatic heterocycles. The van der Waals surface area contributed by atoms with E-state index in [-0.39, 0.29) is 18.6 Å². The number of carbonyl (C=O) groups is 1. The number of H-pyrrole nitrogens is 1. The molecule has 0 bridgehead atoms. The zero-order valence-electron chi connectivity index (χ0n) is 13.0. The number of amides is 1. The third-order valence-corrected chi connectivity index (χ3v) is 4.60. The second-order valence-electron chi connectivity index (χ2n) is 6.04. The smallest absolute Gasteiger partial charge is 0.258 e. The molecule has 1 heterocycles. The van der Waals surface area contributed by atoms with Crippen LogP contribution in [-0.2, 0) is 17.6 Å². The topological polar surface area (TPSA) is 54.1 Å². The molecular weight excluding hydrogens is 324 g/mol. The van der Waals surface area contributed by atoms with E-state index in [1.54, 1.807) is 24.3 Å². The third-order valence-electron chi connectivity index (χ3n) is 4.35. The van der Waals surface area contributed by atoms with Crippen LogP contribution in [-0.4, -0.2) is 23.5 Å². The molecule has 1 amide bonds. The van der Waals surface area contributed by atoms with E-state index < -0.39 is 0 Å². The zero-order valence-corrected chi connectivity index (χ0v) is 13.8. The Balaban J connectivity index is 1.34. The van der Waals surface area contributed by atoms with Gasteiger partial charge in [-0.15, -0.1) is 0 Å². The number of carbonyl (C=O) groups excluding carboxylic acids is 1. The van der Waals surface area contributed by atoms with Crippen molar-refractivity contribution in [1.29, 1.82) is 0 Å². The summed E-state index contributed by atoms with van der Waals surface area (Å²) >= 11 is 5.82. The Morgan fingerprint density at radius 3 is 2.79 bits per heavy atom. The summed E-state index contributed by atoms with van der Waals surface area (Å²) in [6.45, 7) is 0.00676. The van der Waals surface area contributed by atoms with Gasteiger partial charge in [-0.1, -0.05) is 29.8 Å². The minimum atomic E-state index is -0.107. The van der Waals surface area contributed by atoms with Gasteiger partial charge in [-0.2, -0.15) is 0 Å². The third kappa shape index (κ3) is 2.97. The number of rotatable bonds is 4. The van der Waals surface area contributed by atoms with Crippen molar-refractivity contribution < 1.29 is 9.53 Å². The van der Waals surface area contributed by atoms with Crippen molar-refractivity contribution in [2.45, 2.75) is 18.9 Å². The van der Waals surface area contributed by atoms with E-state index in [0.717, 1.165) is 12.8 Å². The Hall–Kier alpha value is -2.46. The summed E-state index contributed by atoms with van der Waals surface area (Å²) in [5.74, 6) is 0.529. The minimum absolute atomic E-state index is 0.00676. The van der Waals surface area contributed by atoms with Gasteiger partial charge in [0, 0.05) is 34.1 Å². The molecule has 122 valence electrons. The molecule has 1 atom stereocenters. The van der Waals surface area contributed by atoms with E-state index in [2.05, 4.69) is 22.4 Å². The van der Waals surface area contributed by atoms with Gasteiger partial charge in [0.25, 0.3) is 5.91 Å². The normalized spacial score (nSPS) is 16.1. The fraction of sp³-hybridized carbons (Fsp3) is 0.211. The fourth-order valence-electron chi connectivity index (χ4n) is 3.28. The number of nitrogens with one attached hydrogen (secondary N) is 2. The summed E-state index contributed by atoms with van der Waals surface area (Å²) in [6, 6.07) is 15.4. The lowest BCUT2D eigenvalue weighted by molar-refractivity contribution is -0.123. The number of hydrogen-bond acceptors (Lipinski definition) is 2. The van der Waals surface area contributed by atoms with Crippen LogP contribution in [0.5, 0.6) is 5.75 Å². The Kier molecular flexibility index (Phi) is 3.90. The van der Waals surface area contributed by atoms with E-state index >= 15 is 0 Å². The minimum Gasteiger partial charge on any atom is -0.484 e. The highest BCUT2D eigenvalue weighted by Crippen LogP contribution is 2.29. The average Bonchev–Trinajstić information content (AvgIpc) is 3.11. The summed E-state index contributed by atoms with van der Waals surface area (Å²) in [7, 11) is 0. The van der Waals surface area contributed by atoms with E-state index in [9.17, 15) is 4.79 Å². The predicted molar refractivity (Wildman–Crippen MR) is 94.6 cm³/mol. The molecule has 3 aromatic rings. The lowest BCUT2D eigenvalue weighted by atomic mass is 10.1. The zero-order chi connectivity index (χ0) is 16.5. The van der Waals surface area contributed by atoms with E-state index in [1.165, 1.54) is 22.2 Å². The van der Waals surface area contributed by atoms with Gasteiger partial charge < -0.3 is 15.0 Å². The highest BCUT2D eigenvalue weighted by molar-refractivity contribution is 6.30. The highest BCUT2D eigenvalue weighted by Gasteiger charge is 2.26. The van der Waals surface area contributed by atoms with Crippen molar-refractivity contribution in [3.63, 3.8) is 0 Å². The molecule has 0 radical (unpaired) electrons. The lowest BCUT2D eigenvalue weighted by Gasteiger charge is -2.13. The number of hydrogen-bond donors (Lipinski definition) is 2. The van der Waals surface area contributed by atoms with Gasteiger partial charge in [-0.3, -0.25) is 4.79 Å². The molecular formula is C19H17ClN2O2. The highest BCUT2D eigenvalue weighted by atomic mass is 35.5. The molecule has 1 aliphatic carbocycles. The van der Waals surface area contributed by atoms with Crippen molar-refractivity contribution in [3.05, 3.63) is 64.8 Å². The van der Waals surface area contributed by atoms with Crippen LogP contribution >= 0.6 is 11.6 Å². The summed E-state index contributed by atoms with van der Waals surface area (Å²) in [6.07, 6.45) is 1.68. The van der Waals surface area contributed by atoms with Gasteiger partial charge in [0.05, 0.1) is 0 Å². The van der Waals surface area contributed by atoms with Gasteiger partial charge in [0.2, 0.25) is 0 Å². The molecule has 4 nitrogen and oxygen atoms in total.